The van der Waals surface area contributed by atoms with E-state index < -0.39 is 9.84 Å². The van der Waals surface area contributed by atoms with Gasteiger partial charge in [0.25, 0.3) is 0 Å². The normalized spacial score (nSPS) is 13.3. The lowest BCUT2D eigenvalue weighted by molar-refractivity contribution is 0.132. The van der Waals surface area contributed by atoms with E-state index in [1.54, 1.807) is 12.1 Å². The Bertz CT molecular complexity index is 482. The average Bonchev–Trinajstić information content (AvgIpc) is 2.41. The van der Waals surface area contributed by atoms with Crippen LogP contribution in [0, 0.1) is 0 Å². The van der Waals surface area contributed by atoms with E-state index in [2.05, 4.69) is 19.2 Å². The Morgan fingerprint density at radius 3 is 2.40 bits per heavy atom. The lowest BCUT2D eigenvalue weighted by Gasteiger charge is -2.14. The first-order valence-electron chi connectivity index (χ1n) is 7.06. The molecule has 4 nitrogen and oxygen atoms in total. The van der Waals surface area contributed by atoms with Crippen LogP contribution in [0.1, 0.15) is 38.3 Å². The lowest BCUT2D eigenvalue weighted by Crippen LogP contribution is -2.21. The number of nitrogens with one attached hydrogen (secondary N) is 1. The predicted octanol–water partition coefficient (Wildman–Crippen LogP) is 2.56. The molecule has 20 heavy (non-hydrogen) atoms. The average molecular weight is 299 g/mol. The van der Waals surface area contributed by atoms with Crippen molar-refractivity contribution in [2.24, 2.45) is 0 Å². The molecule has 0 spiro atoms. The Morgan fingerprint density at radius 1 is 1.20 bits per heavy atom. The molecule has 1 atom stereocenters. The molecule has 0 radical (unpaired) electrons. The predicted molar refractivity (Wildman–Crippen MR) is 81.7 cm³/mol. The van der Waals surface area contributed by atoms with Crippen LogP contribution < -0.4 is 5.32 Å². The van der Waals surface area contributed by atoms with Gasteiger partial charge in [0.2, 0.25) is 0 Å². The molecule has 0 amide bonds. The maximum atomic E-state index is 11.4. The van der Waals surface area contributed by atoms with Crippen molar-refractivity contribution >= 4 is 9.84 Å². The van der Waals surface area contributed by atoms with Crippen molar-refractivity contribution in [3.05, 3.63) is 29.8 Å². The first kappa shape index (κ1) is 17.1. The van der Waals surface area contributed by atoms with Gasteiger partial charge in [-0.3, -0.25) is 0 Å². The van der Waals surface area contributed by atoms with E-state index in [0.717, 1.165) is 38.2 Å². The van der Waals surface area contributed by atoms with Gasteiger partial charge in [0.1, 0.15) is 0 Å². The Hall–Kier alpha value is -0.910. The highest BCUT2D eigenvalue weighted by molar-refractivity contribution is 7.90. The van der Waals surface area contributed by atoms with E-state index in [4.69, 9.17) is 4.74 Å². The summed E-state index contributed by atoms with van der Waals surface area (Å²) >= 11 is 0. The van der Waals surface area contributed by atoms with Crippen LogP contribution in [-0.2, 0) is 14.6 Å². The summed E-state index contributed by atoms with van der Waals surface area (Å²) in [6.07, 6.45) is 3.25. The third-order valence-corrected chi connectivity index (χ3v) is 4.20. The van der Waals surface area contributed by atoms with Gasteiger partial charge in [0.15, 0.2) is 9.84 Å². The van der Waals surface area contributed by atoms with Crippen molar-refractivity contribution < 1.29 is 13.2 Å². The molecule has 0 saturated heterocycles. The Kier molecular flexibility index (Phi) is 7.19. The highest BCUT2D eigenvalue weighted by atomic mass is 32.2. The number of sulfone groups is 1. The molecule has 0 aliphatic heterocycles. The number of benzene rings is 1. The molecule has 0 aromatic heterocycles. The van der Waals surface area contributed by atoms with Crippen molar-refractivity contribution in [3.63, 3.8) is 0 Å². The van der Waals surface area contributed by atoms with Gasteiger partial charge in [-0.1, -0.05) is 19.1 Å². The molecular weight excluding hydrogens is 274 g/mol. The van der Waals surface area contributed by atoms with Gasteiger partial charge in [0, 0.05) is 25.5 Å². The molecule has 1 aromatic rings. The van der Waals surface area contributed by atoms with Crippen LogP contribution in [0.5, 0.6) is 0 Å². The van der Waals surface area contributed by atoms with Crippen LogP contribution in [0.3, 0.4) is 0 Å². The van der Waals surface area contributed by atoms with Crippen LogP contribution in [0.25, 0.3) is 0 Å². The summed E-state index contributed by atoms with van der Waals surface area (Å²) in [5.74, 6) is 0. The second kappa shape index (κ2) is 8.39. The monoisotopic (exact) mass is 299 g/mol. The van der Waals surface area contributed by atoms with Crippen LogP contribution in [0.15, 0.2) is 29.2 Å². The molecular formula is C15H25NO3S. The quantitative estimate of drug-likeness (QED) is 0.712. The van der Waals surface area contributed by atoms with Gasteiger partial charge in [-0.25, -0.2) is 8.42 Å². The van der Waals surface area contributed by atoms with Crippen molar-refractivity contribution in [2.45, 2.75) is 37.6 Å². The van der Waals surface area contributed by atoms with Crippen LogP contribution in [0.2, 0.25) is 0 Å². The van der Waals surface area contributed by atoms with Crippen molar-refractivity contribution in [2.75, 3.05) is 26.0 Å². The summed E-state index contributed by atoms with van der Waals surface area (Å²) in [6, 6.07) is 7.25. The molecule has 114 valence electrons. The maximum Gasteiger partial charge on any atom is 0.175 e. The summed E-state index contributed by atoms with van der Waals surface area (Å²) in [5.41, 5.74) is 1.09. The van der Waals surface area contributed by atoms with E-state index in [1.165, 1.54) is 6.26 Å². The number of rotatable bonds is 9. The minimum Gasteiger partial charge on any atom is -0.381 e. The smallest absolute Gasteiger partial charge is 0.175 e. The number of hydrogen-bond donors (Lipinski definition) is 1. The lowest BCUT2D eigenvalue weighted by atomic mass is 10.1. The summed E-state index contributed by atoms with van der Waals surface area (Å²) < 4.78 is 28.2. The minimum absolute atomic E-state index is 0.204. The molecule has 0 saturated carbocycles. The molecule has 0 aliphatic carbocycles. The molecule has 1 unspecified atom stereocenters. The standard InChI is InChI=1S/C15H25NO3S/c1-4-11-19-12-5-10-16-13(2)14-6-8-15(9-7-14)20(3,17)18/h6-9,13,16H,4-5,10-12H2,1-3H3. The molecule has 0 heterocycles. The van der Waals surface area contributed by atoms with Crippen molar-refractivity contribution in [1.29, 1.82) is 0 Å². The van der Waals surface area contributed by atoms with E-state index in [0.29, 0.717) is 4.90 Å². The van der Waals surface area contributed by atoms with Gasteiger partial charge in [0.05, 0.1) is 4.90 Å². The number of ether oxygens (including phenoxy) is 1. The van der Waals surface area contributed by atoms with Gasteiger partial charge in [-0.05, 0) is 44.0 Å². The van der Waals surface area contributed by atoms with Crippen LogP contribution >= 0.6 is 0 Å². The molecule has 1 aromatic carbocycles. The van der Waals surface area contributed by atoms with Crippen molar-refractivity contribution in [1.82, 2.24) is 5.32 Å². The fourth-order valence-electron chi connectivity index (χ4n) is 1.86. The highest BCUT2D eigenvalue weighted by Crippen LogP contribution is 2.16. The zero-order valence-corrected chi connectivity index (χ0v) is 13.4. The zero-order valence-electron chi connectivity index (χ0n) is 12.6. The maximum absolute atomic E-state index is 11.4. The molecule has 0 aliphatic rings. The molecule has 0 bridgehead atoms. The minimum atomic E-state index is -3.11. The SMILES string of the molecule is CCCOCCCNC(C)c1ccc(S(C)(=O)=O)cc1. The largest absolute Gasteiger partial charge is 0.381 e. The summed E-state index contributed by atoms with van der Waals surface area (Å²) in [7, 11) is -3.11. The van der Waals surface area contributed by atoms with E-state index in [-0.39, 0.29) is 6.04 Å². The highest BCUT2D eigenvalue weighted by Gasteiger charge is 2.08. The fourth-order valence-corrected chi connectivity index (χ4v) is 2.49. The summed E-state index contributed by atoms with van der Waals surface area (Å²) in [4.78, 5) is 0.362. The third-order valence-electron chi connectivity index (χ3n) is 3.07. The molecule has 1 rings (SSSR count). The van der Waals surface area contributed by atoms with Gasteiger partial charge >= 0.3 is 0 Å². The van der Waals surface area contributed by atoms with Gasteiger partial charge in [-0.15, -0.1) is 0 Å². The number of hydrogen-bond acceptors (Lipinski definition) is 4. The zero-order chi connectivity index (χ0) is 15.0. The molecule has 5 heteroatoms. The second-order valence-electron chi connectivity index (χ2n) is 4.98. The Labute approximate surface area is 122 Å². The van der Waals surface area contributed by atoms with E-state index in [1.807, 2.05) is 12.1 Å². The molecule has 1 N–H and O–H groups in total. The molecule has 0 fully saturated rings. The first-order chi connectivity index (χ1) is 9.45. The van der Waals surface area contributed by atoms with Crippen LogP contribution in [0.4, 0.5) is 0 Å². The Balaban J connectivity index is 2.38. The second-order valence-corrected chi connectivity index (χ2v) is 7.00. The fraction of sp³-hybridized carbons (Fsp3) is 0.600. The van der Waals surface area contributed by atoms with E-state index >= 15 is 0 Å². The van der Waals surface area contributed by atoms with E-state index in [9.17, 15) is 8.42 Å². The van der Waals surface area contributed by atoms with Crippen LogP contribution in [-0.4, -0.2) is 34.4 Å². The first-order valence-corrected chi connectivity index (χ1v) is 8.95. The Morgan fingerprint density at radius 2 is 1.85 bits per heavy atom. The summed E-state index contributed by atoms with van der Waals surface area (Å²) in [6.45, 7) is 6.66. The third kappa shape index (κ3) is 6.03. The van der Waals surface area contributed by atoms with Crippen molar-refractivity contribution in [3.8, 4) is 0 Å². The van der Waals surface area contributed by atoms with Gasteiger partial charge in [-0.2, -0.15) is 0 Å². The summed E-state index contributed by atoms with van der Waals surface area (Å²) in [5, 5.41) is 3.40. The topological polar surface area (TPSA) is 55.4 Å². The van der Waals surface area contributed by atoms with Gasteiger partial charge < -0.3 is 10.1 Å².